The van der Waals surface area contributed by atoms with E-state index >= 15 is 0 Å². The van der Waals surface area contributed by atoms with Crippen molar-refractivity contribution < 1.29 is 0 Å². The first-order valence-electron chi connectivity index (χ1n) is 7.97. The fourth-order valence-corrected chi connectivity index (χ4v) is 3.36. The standard InChI is InChI=1S/C16H29N3/c1-13(2)15-6-4-10-19(15)11-5-9-16(3,12-17)18-14-7-8-14/h13-15,18H,4-11H2,1-3H3. The summed E-state index contributed by atoms with van der Waals surface area (Å²) >= 11 is 0. The first-order valence-corrected chi connectivity index (χ1v) is 7.97. The Morgan fingerprint density at radius 2 is 2.11 bits per heavy atom. The van der Waals surface area contributed by atoms with E-state index < -0.39 is 0 Å². The lowest BCUT2D eigenvalue weighted by molar-refractivity contribution is 0.198. The molecule has 1 aliphatic heterocycles. The molecule has 2 aliphatic rings. The van der Waals surface area contributed by atoms with Gasteiger partial charge in [-0.25, -0.2) is 0 Å². The fourth-order valence-electron chi connectivity index (χ4n) is 3.36. The van der Waals surface area contributed by atoms with E-state index in [2.05, 4.69) is 37.1 Å². The number of hydrogen-bond donors (Lipinski definition) is 1. The third-order valence-electron chi connectivity index (χ3n) is 4.65. The largest absolute Gasteiger partial charge is 0.300 e. The molecule has 1 N–H and O–H groups in total. The van der Waals surface area contributed by atoms with E-state index in [9.17, 15) is 5.26 Å². The summed E-state index contributed by atoms with van der Waals surface area (Å²) in [6, 6.07) is 3.86. The highest BCUT2D eigenvalue weighted by molar-refractivity contribution is 5.07. The zero-order chi connectivity index (χ0) is 13.9. The highest BCUT2D eigenvalue weighted by atomic mass is 15.2. The Labute approximate surface area is 118 Å². The third kappa shape index (κ3) is 4.19. The lowest BCUT2D eigenvalue weighted by Crippen LogP contribution is -2.43. The number of rotatable bonds is 7. The predicted octanol–water partition coefficient (Wildman–Crippen LogP) is 2.92. The van der Waals surface area contributed by atoms with Gasteiger partial charge in [0.15, 0.2) is 0 Å². The van der Waals surface area contributed by atoms with Crippen LogP contribution in [-0.2, 0) is 0 Å². The molecule has 108 valence electrons. The Kier molecular flexibility index (Phi) is 4.86. The van der Waals surface area contributed by atoms with E-state index in [-0.39, 0.29) is 5.54 Å². The second-order valence-corrected chi connectivity index (χ2v) is 6.96. The first-order chi connectivity index (χ1) is 9.04. The summed E-state index contributed by atoms with van der Waals surface area (Å²) in [6.45, 7) is 9.14. The van der Waals surface area contributed by atoms with Gasteiger partial charge >= 0.3 is 0 Å². The Bertz CT molecular complexity index is 329. The maximum absolute atomic E-state index is 9.37. The highest BCUT2D eigenvalue weighted by Crippen LogP contribution is 2.26. The van der Waals surface area contributed by atoms with Gasteiger partial charge in [0, 0.05) is 12.1 Å². The molecule has 3 heteroatoms. The van der Waals surface area contributed by atoms with E-state index in [0.717, 1.165) is 31.3 Å². The summed E-state index contributed by atoms with van der Waals surface area (Å²) in [5.41, 5.74) is -0.311. The molecule has 0 bridgehead atoms. The van der Waals surface area contributed by atoms with Crippen LogP contribution < -0.4 is 5.32 Å². The van der Waals surface area contributed by atoms with E-state index in [1.807, 2.05) is 0 Å². The Balaban J connectivity index is 1.74. The smallest absolute Gasteiger partial charge is 0.104 e. The molecule has 0 amide bonds. The summed E-state index contributed by atoms with van der Waals surface area (Å²) in [6.07, 6.45) is 7.30. The number of hydrogen-bond acceptors (Lipinski definition) is 3. The lowest BCUT2D eigenvalue weighted by Gasteiger charge is -2.29. The summed E-state index contributed by atoms with van der Waals surface area (Å²) < 4.78 is 0. The Morgan fingerprint density at radius 1 is 1.37 bits per heavy atom. The molecule has 2 fully saturated rings. The first kappa shape index (κ1) is 14.8. The maximum Gasteiger partial charge on any atom is 0.104 e. The van der Waals surface area contributed by atoms with Crippen LogP contribution >= 0.6 is 0 Å². The van der Waals surface area contributed by atoms with Crippen LogP contribution in [0.25, 0.3) is 0 Å². The van der Waals surface area contributed by atoms with E-state index in [4.69, 9.17) is 0 Å². The van der Waals surface area contributed by atoms with Crippen LogP contribution in [0.4, 0.5) is 0 Å². The van der Waals surface area contributed by atoms with Crippen LogP contribution in [0.1, 0.15) is 59.3 Å². The molecule has 1 heterocycles. The molecular formula is C16H29N3. The van der Waals surface area contributed by atoms with Crippen molar-refractivity contribution in [2.45, 2.75) is 76.9 Å². The number of likely N-dealkylation sites (tertiary alicyclic amines) is 1. The van der Waals surface area contributed by atoms with Gasteiger partial charge in [-0.15, -0.1) is 0 Å². The van der Waals surface area contributed by atoms with Crippen molar-refractivity contribution in [3.05, 3.63) is 0 Å². The predicted molar refractivity (Wildman–Crippen MR) is 78.8 cm³/mol. The normalized spacial score (nSPS) is 27.4. The quantitative estimate of drug-likeness (QED) is 0.767. The Hall–Kier alpha value is -0.590. The molecular weight excluding hydrogens is 234 g/mol. The van der Waals surface area contributed by atoms with Crippen LogP contribution in [0.2, 0.25) is 0 Å². The van der Waals surface area contributed by atoms with Crippen molar-refractivity contribution in [1.29, 1.82) is 5.26 Å². The van der Waals surface area contributed by atoms with Gasteiger partial charge < -0.3 is 4.90 Å². The SMILES string of the molecule is CC(C)C1CCCN1CCCC(C)(C#N)NC1CC1. The van der Waals surface area contributed by atoms with Crippen LogP contribution in [-0.4, -0.2) is 35.6 Å². The van der Waals surface area contributed by atoms with Crippen LogP contribution in [0, 0.1) is 17.2 Å². The molecule has 2 unspecified atom stereocenters. The van der Waals surface area contributed by atoms with Gasteiger partial charge in [-0.3, -0.25) is 5.32 Å². The van der Waals surface area contributed by atoms with Gasteiger partial charge in [0.2, 0.25) is 0 Å². The summed E-state index contributed by atoms with van der Waals surface area (Å²) in [5, 5.41) is 12.9. The maximum atomic E-state index is 9.37. The second-order valence-electron chi connectivity index (χ2n) is 6.96. The molecule has 2 rings (SSSR count). The molecule has 0 aromatic heterocycles. The van der Waals surface area contributed by atoms with E-state index in [1.165, 1.54) is 32.2 Å². The van der Waals surface area contributed by atoms with Gasteiger partial charge in [0.25, 0.3) is 0 Å². The van der Waals surface area contributed by atoms with Crippen LogP contribution in [0.15, 0.2) is 0 Å². The zero-order valence-electron chi connectivity index (χ0n) is 12.8. The summed E-state index contributed by atoms with van der Waals surface area (Å²) in [5.74, 6) is 0.759. The van der Waals surface area contributed by atoms with Crippen LogP contribution in [0.5, 0.6) is 0 Å². The van der Waals surface area contributed by atoms with Crippen molar-refractivity contribution in [3.63, 3.8) is 0 Å². The van der Waals surface area contributed by atoms with Gasteiger partial charge in [0.1, 0.15) is 5.54 Å². The number of nitriles is 1. The molecule has 0 aromatic carbocycles. The minimum absolute atomic E-state index is 0.311. The highest BCUT2D eigenvalue weighted by Gasteiger charge is 2.33. The molecule has 0 spiro atoms. The van der Waals surface area contributed by atoms with Crippen molar-refractivity contribution in [1.82, 2.24) is 10.2 Å². The van der Waals surface area contributed by atoms with Crippen molar-refractivity contribution in [2.24, 2.45) is 5.92 Å². The van der Waals surface area contributed by atoms with E-state index in [1.54, 1.807) is 0 Å². The van der Waals surface area contributed by atoms with Gasteiger partial charge in [0.05, 0.1) is 6.07 Å². The number of nitrogens with one attached hydrogen (secondary N) is 1. The van der Waals surface area contributed by atoms with Crippen molar-refractivity contribution >= 4 is 0 Å². The monoisotopic (exact) mass is 263 g/mol. The number of nitrogens with zero attached hydrogens (tertiary/aromatic N) is 2. The molecule has 1 aliphatic carbocycles. The third-order valence-corrected chi connectivity index (χ3v) is 4.65. The zero-order valence-corrected chi connectivity index (χ0v) is 12.8. The molecule has 1 saturated carbocycles. The fraction of sp³-hybridized carbons (Fsp3) is 0.938. The molecule has 3 nitrogen and oxygen atoms in total. The minimum atomic E-state index is -0.311. The van der Waals surface area contributed by atoms with Gasteiger partial charge in [-0.2, -0.15) is 5.26 Å². The molecule has 19 heavy (non-hydrogen) atoms. The topological polar surface area (TPSA) is 39.1 Å². The van der Waals surface area contributed by atoms with E-state index in [0.29, 0.717) is 6.04 Å². The van der Waals surface area contributed by atoms with Crippen LogP contribution in [0.3, 0.4) is 0 Å². The van der Waals surface area contributed by atoms with Gasteiger partial charge in [-0.1, -0.05) is 13.8 Å². The van der Waals surface area contributed by atoms with Crippen molar-refractivity contribution in [2.75, 3.05) is 13.1 Å². The average Bonchev–Trinajstić information content (AvgIpc) is 3.04. The molecule has 0 aromatic rings. The van der Waals surface area contributed by atoms with Crippen molar-refractivity contribution in [3.8, 4) is 6.07 Å². The lowest BCUT2D eigenvalue weighted by atomic mass is 9.96. The second kappa shape index (κ2) is 6.24. The van der Waals surface area contributed by atoms with Gasteiger partial charge in [-0.05, 0) is 64.5 Å². The molecule has 2 atom stereocenters. The summed E-state index contributed by atoms with van der Waals surface area (Å²) in [4.78, 5) is 2.64. The summed E-state index contributed by atoms with van der Waals surface area (Å²) in [7, 11) is 0. The minimum Gasteiger partial charge on any atom is -0.300 e. The molecule has 0 radical (unpaired) electrons. The Morgan fingerprint density at radius 3 is 2.68 bits per heavy atom. The molecule has 1 saturated heterocycles. The average molecular weight is 263 g/mol.